The Morgan fingerprint density at radius 1 is 1.05 bits per heavy atom. The first-order valence-electron chi connectivity index (χ1n) is 5.58. The number of hydrogen-bond acceptors (Lipinski definition) is 1. The molecule has 0 atom stereocenters. The van der Waals surface area contributed by atoms with Gasteiger partial charge in [0.2, 0.25) is 0 Å². The van der Waals surface area contributed by atoms with Crippen LogP contribution in [0.1, 0.15) is 5.56 Å². The van der Waals surface area contributed by atoms with E-state index in [9.17, 15) is 17.6 Å². The summed E-state index contributed by atoms with van der Waals surface area (Å²) in [6.07, 6.45) is -4.74. The summed E-state index contributed by atoms with van der Waals surface area (Å²) in [6, 6.07) is 7.99. The molecule has 0 aliphatic heterocycles. The van der Waals surface area contributed by atoms with Crippen molar-refractivity contribution in [2.24, 2.45) is 0 Å². The molecule has 0 fully saturated rings. The zero-order chi connectivity index (χ0) is 14.9. The maximum Gasteiger partial charge on any atom is 0.573 e. The Kier molecular flexibility index (Phi) is 3.90. The van der Waals surface area contributed by atoms with E-state index in [1.807, 2.05) is 0 Å². The van der Waals surface area contributed by atoms with Crippen molar-refractivity contribution in [2.45, 2.75) is 13.3 Å². The first-order valence-corrected chi connectivity index (χ1v) is 5.96. The molecule has 2 aromatic carbocycles. The monoisotopic (exact) mass is 304 g/mol. The van der Waals surface area contributed by atoms with Gasteiger partial charge in [0, 0.05) is 5.56 Å². The summed E-state index contributed by atoms with van der Waals surface area (Å²) in [5.41, 5.74) is 1.43. The van der Waals surface area contributed by atoms with Gasteiger partial charge in [-0.1, -0.05) is 17.7 Å². The van der Waals surface area contributed by atoms with Crippen LogP contribution in [0.5, 0.6) is 5.75 Å². The maximum atomic E-state index is 13.0. The largest absolute Gasteiger partial charge is 0.573 e. The number of alkyl halides is 3. The minimum atomic E-state index is -4.74. The third-order valence-electron chi connectivity index (χ3n) is 2.64. The molecule has 1 nitrogen and oxygen atoms in total. The van der Waals surface area contributed by atoms with Crippen molar-refractivity contribution in [3.63, 3.8) is 0 Å². The highest BCUT2D eigenvalue weighted by Gasteiger charge is 2.31. The molecule has 0 radical (unpaired) electrons. The number of benzene rings is 2. The smallest absolute Gasteiger partial charge is 0.406 e. The lowest BCUT2D eigenvalue weighted by Gasteiger charge is -2.13. The molecule has 0 aliphatic rings. The van der Waals surface area contributed by atoms with E-state index in [1.54, 1.807) is 0 Å². The van der Waals surface area contributed by atoms with E-state index >= 15 is 0 Å². The molecule has 0 N–H and O–H groups in total. The van der Waals surface area contributed by atoms with Crippen molar-refractivity contribution in [3.8, 4) is 16.9 Å². The number of ether oxygens (including phenoxy) is 1. The summed E-state index contributed by atoms with van der Waals surface area (Å²) in [6.45, 7) is 1.49. The second kappa shape index (κ2) is 5.32. The normalized spacial score (nSPS) is 11.5. The quantitative estimate of drug-likeness (QED) is 0.679. The maximum absolute atomic E-state index is 13.0. The second-order valence-corrected chi connectivity index (χ2v) is 4.56. The van der Waals surface area contributed by atoms with Gasteiger partial charge in [-0.2, -0.15) is 0 Å². The van der Waals surface area contributed by atoms with Crippen LogP contribution in [0.3, 0.4) is 0 Å². The zero-order valence-corrected chi connectivity index (χ0v) is 11.0. The van der Waals surface area contributed by atoms with Crippen molar-refractivity contribution in [3.05, 3.63) is 52.8 Å². The molecule has 0 bridgehead atoms. The molecule has 106 valence electrons. The van der Waals surface area contributed by atoms with Crippen LogP contribution < -0.4 is 4.74 Å². The van der Waals surface area contributed by atoms with Crippen LogP contribution in [0, 0.1) is 12.7 Å². The fourth-order valence-electron chi connectivity index (χ4n) is 1.78. The standard InChI is InChI=1S/C14H9ClF4O/c1-8-6-9(2-5-13(8)20-14(17,18)19)11-4-3-10(16)7-12(11)15/h2-7H,1H3. The predicted molar refractivity (Wildman–Crippen MR) is 68.3 cm³/mol. The molecule has 0 spiro atoms. The van der Waals surface area contributed by atoms with Gasteiger partial charge in [0.15, 0.2) is 0 Å². The van der Waals surface area contributed by atoms with Crippen LogP contribution in [-0.2, 0) is 0 Å². The molecule has 0 heterocycles. The summed E-state index contributed by atoms with van der Waals surface area (Å²) in [5.74, 6) is -0.757. The molecule has 6 heteroatoms. The number of rotatable bonds is 2. The first-order chi connectivity index (χ1) is 9.26. The Balaban J connectivity index is 2.38. The van der Waals surface area contributed by atoms with Gasteiger partial charge in [-0.15, -0.1) is 13.2 Å². The highest BCUT2D eigenvalue weighted by Crippen LogP contribution is 2.33. The van der Waals surface area contributed by atoms with Gasteiger partial charge in [0.25, 0.3) is 0 Å². The Bertz CT molecular complexity index is 638. The van der Waals surface area contributed by atoms with E-state index in [-0.39, 0.29) is 10.8 Å². The van der Waals surface area contributed by atoms with E-state index in [0.29, 0.717) is 16.7 Å². The van der Waals surface area contributed by atoms with Crippen LogP contribution in [0.2, 0.25) is 5.02 Å². The van der Waals surface area contributed by atoms with E-state index in [0.717, 1.165) is 6.07 Å². The SMILES string of the molecule is Cc1cc(-c2ccc(F)cc2Cl)ccc1OC(F)(F)F. The van der Waals surface area contributed by atoms with Crippen molar-refractivity contribution >= 4 is 11.6 Å². The summed E-state index contributed by atoms with van der Waals surface area (Å²) in [5, 5.41) is 0.189. The van der Waals surface area contributed by atoms with Gasteiger partial charge in [-0.25, -0.2) is 4.39 Å². The number of aryl methyl sites for hydroxylation is 1. The topological polar surface area (TPSA) is 9.23 Å². The van der Waals surface area contributed by atoms with E-state index < -0.39 is 12.2 Å². The molecule has 0 amide bonds. The average Bonchev–Trinajstić information content (AvgIpc) is 2.30. The fourth-order valence-corrected chi connectivity index (χ4v) is 2.06. The van der Waals surface area contributed by atoms with Gasteiger partial charge in [-0.3, -0.25) is 0 Å². The Labute approximate surface area is 117 Å². The lowest BCUT2D eigenvalue weighted by molar-refractivity contribution is -0.274. The summed E-state index contributed by atoms with van der Waals surface area (Å²) < 4.78 is 53.3. The fraction of sp³-hybridized carbons (Fsp3) is 0.143. The van der Waals surface area contributed by atoms with Crippen LogP contribution in [-0.4, -0.2) is 6.36 Å². The van der Waals surface area contributed by atoms with E-state index in [2.05, 4.69) is 4.74 Å². The van der Waals surface area contributed by atoms with Crippen molar-refractivity contribution in [1.82, 2.24) is 0 Å². The van der Waals surface area contributed by atoms with Crippen molar-refractivity contribution in [1.29, 1.82) is 0 Å². The van der Waals surface area contributed by atoms with E-state index in [4.69, 9.17) is 11.6 Å². The number of hydrogen-bond donors (Lipinski definition) is 0. The molecular weight excluding hydrogens is 296 g/mol. The molecule has 0 saturated heterocycles. The Hall–Kier alpha value is -1.75. The van der Waals surface area contributed by atoms with Gasteiger partial charge >= 0.3 is 6.36 Å². The van der Waals surface area contributed by atoms with Gasteiger partial charge in [0.1, 0.15) is 11.6 Å². The lowest BCUT2D eigenvalue weighted by Crippen LogP contribution is -2.17. The molecule has 20 heavy (non-hydrogen) atoms. The van der Waals surface area contributed by atoms with Crippen LogP contribution >= 0.6 is 11.6 Å². The molecule has 0 aliphatic carbocycles. The molecule has 0 unspecified atom stereocenters. The van der Waals surface area contributed by atoms with Crippen LogP contribution in [0.15, 0.2) is 36.4 Å². The average molecular weight is 305 g/mol. The van der Waals surface area contributed by atoms with E-state index in [1.165, 1.54) is 37.3 Å². The van der Waals surface area contributed by atoms with Crippen LogP contribution in [0.25, 0.3) is 11.1 Å². The highest BCUT2D eigenvalue weighted by atomic mass is 35.5. The summed E-state index contributed by atoms with van der Waals surface area (Å²) >= 11 is 5.91. The molecular formula is C14H9ClF4O. The Morgan fingerprint density at radius 2 is 1.75 bits per heavy atom. The lowest BCUT2D eigenvalue weighted by atomic mass is 10.0. The van der Waals surface area contributed by atoms with Crippen LogP contribution in [0.4, 0.5) is 17.6 Å². The second-order valence-electron chi connectivity index (χ2n) is 4.15. The summed E-state index contributed by atoms with van der Waals surface area (Å²) in [7, 11) is 0. The molecule has 2 aromatic rings. The minimum Gasteiger partial charge on any atom is -0.406 e. The minimum absolute atomic E-state index is 0.189. The predicted octanol–water partition coefficient (Wildman–Crippen LogP) is 5.35. The van der Waals surface area contributed by atoms with Crippen molar-refractivity contribution < 1.29 is 22.3 Å². The van der Waals surface area contributed by atoms with Gasteiger partial charge in [-0.05, 0) is 48.4 Å². The summed E-state index contributed by atoms with van der Waals surface area (Å²) in [4.78, 5) is 0. The highest BCUT2D eigenvalue weighted by molar-refractivity contribution is 6.33. The number of halogens is 5. The first kappa shape index (κ1) is 14.7. The van der Waals surface area contributed by atoms with Gasteiger partial charge in [0.05, 0.1) is 5.02 Å². The molecule has 2 rings (SSSR count). The van der Waals surface area contributed by atoms with Gasteiger partial charge < -0.3 is 4.74 Å². The van der Waals surface area contributed by atoms with Crippen molar-refractivity contribution in [2.75, 3.05) is 0 Å². The third kappa shape index (κ3) is 3.42. The Morgan fingerprint density at radius 3 is 2.30 bits per heavy atom. The molecule has 0 saturated carbocycles. The third-order valence-corrected chi connectivity index (χ3v) is 2.96. The zero-order valence-electron chi connectivity index (χ0n) is 10.3. The molecule has 0 aromatic heterocycles.